The van der Waals surface area contributed by atoms with Crippen LogP contribution in [-0.2, 0) is 9.53 Å². The standard InChI is InChI=1S/C18H34N2O6S/c1-5-6-10-7-11(20(3)8-10)17(25)19-12(9(2)21)16-14(23)13(22)15(24)18(26-16)27-4/h9-16,18,21-24H,5-8H2,1-4H3,(H,19,25)/t9-,10-,11+,12?,13+,14-,15-,16-,18-/m1/s1. The maximum atomic E-state index is 12.8. The first kappa shape index (κ1) is 22.9. The molecule has 1 amide bonds. The summed E-state index contributed by atoms with van der Waals surface area (Å²) in [5.41, 5.74) is -0.755. The molecular weight excluding hydrogens is 372 g/mol. The number of nitrogens with one attached hydrogen (secondary N) is 1. The van der Waals surface area contributed by atoms with Gasteiger partial charge >= 0.3 is 0 Å². The zero-order chi connectivity index (χ0) is 20.3. The molecule has 0 aliphatic carbocycles. The van der Waals surface area contributed by atoms with E-state index in [1.165, 1.54) is 18.7 Å². The molecule has 2 aliphatic heterocycles. The maximum absolute atomic E-state index is 12.8. The summed E-state index contributed by atoms with van der Waals surface area (Å²) in [6.07, 6.45) is -1.50. The van der Waals surface area contributed by atoms with E-state index >= 15 is 0 Å². The minimum absolute atomic E-state index is 0.223. The zero-order valence-electron chi connectivity index (χ0n) is 16.5. The Bertz CT molecular complexity index is 494. The lowest BCUT2D eigenvalue weighted by atomic mass is 9.92. The van der Waals surface area contributed by atoms with Crippen molar-refractivity contribution < 1.29 is 30.0 Å². The van der Waals surface area contributed by atoms with Crippen LogP contribution in [0, 0.1) is 5.92 Å². The van der Waals surface area contributed by atoms with Crippen molar-refractivity contribution in [2.24, 2.45) is 5.92 Å². The van der Waals surface area contributed by atoms with Gasteiger partial charge in [-0.2, -0.15) is 0 Å². The first-order valence-corrected chi connectivity index (χ1v) is 10.9. The summed E-state index contributed by atoms with van der Waals surface area (Å²) >= 11 is 1.20. The van der Waals surface area contributed by atoms with Gasteiger partial charge in [-0.3, -0.25) is 9.69 Å². The normalized spacial score (nSPS) is 39.9. The molecule has 9 heteroatoms. The molecule has 2 rings (SSSR count). The number of nitrogens with zero attached hydrogens (tertiary/aromatic N) is 1. The van der Waals surface area contributed by atoms with E-state index in [1.54, 1.807) is 6.26 Å². The third-order valence-electron chi connectivity index (χ3n) is 5.66. The van der Waals surface area contributed by atoms with Crippen molar-refractivity contribution in [2.45, 2.75) is 81.1 Å². The molecule has 2 saturated heterocycles. The molecule has 2 fully saturated rings. The molecule has 8 nitrogen and oxygen atoms in total. The van der Waals surface area contributed by atoms with Crippen LogP contribution in [0.2, 0.25) is 0 Å². The highest BCUT2D eigenvalue weighted by Crippen LogP contribution is 2.30. The van der Waals surface area contributed by atoms with Crippen molar-refractivity contribution in [1.82, 2.24) is 10.2 Å². The second kappa shape index (κ2) is 9.87. The Labute approximate surface area is 165 Å². The quantitative estimate of drug-likeness (QED) is 0.370. The van der Waals surface area contributed by atoms with Crippen LogP contribution in [0.3, 0.4) is 0 Å². The fraction of sp³-hybridized carbons (Fsp3) is 0.944. The van der Waals surface area contributed by atoms with E-state index in [1.807, 2.05) is 11.9 Å². The van der Waals surface area contributed by atoms with Gasteiger partial charge in [-0.1, -0.05) is 13.3 Å². The molecule has 2 aliphatic rings. The van der Waals surface area contributed by atoms with Gasteiger partial charge in [0, 0.05) is 6.54 Å². The largest absolute Gasteiger partial charge is 0.391 e. The van der Waals surface area contributed by atoms with E-state index in [2.05, 4.69) is 12.2 Å². The van der Waals surface area contributed by atoms with Crippen molar-refractivity contribution >= 4 is 17.7 Å². The average molecular weight is 407 g/mol. The lowest BCUT2D eigenvalue weighted by Gasteiger charge is -2.44. The number of thioether (sulfide) groups is 1. The Kier molecular flexibility index (Phi) is 8.35. The summed E-state index contributed by atoms with van der Waals surface area (Å²) in [4.78, 5) is 14.9. The maximum Gasteiger partial charge on any atom is 0.237 e. The van der Waals surface area contributed by atoms with Gasteiger partial charge in [0.15, 0.2) is 0 Å². The number of aliphatic hydroxyl groups excluding tert-OH is 4. The first-order chi connectivity index (χ1) is 12.7. The number of aliphatic hydroxyl groups is 4. The molecule has 0 radical (unpaired) electrons. The third kappa shape index (κ3) is 5.14. The highest BCUT2D eigenvalue weighted by Gasteiger charge is 2.48. The fourth-order valence-electron chi connectivity index (χ4n) is 4.13. The van der Waals surface area contributed by atoms with Crippen LogP contribution < -0.4 is 5.32 Å². The second-order valence-corrected chi connectivity index (χ2v) is 8.73. The molecule has 0 aromatic rings. The Balaban J connectivity index is 2.09. The molecule has 158 valence electrons. The Morgan fingerprint density at radius 1 is 1.30 bits per heavy atom. The predicted octanol–water partition coefficient (Wildman–Crippen LogP) is -0.857. The van der Waals surface area contributed by atoms with E-state index < -0.39 is 42.0 Å². The van der Waals surface area contributed by atoms with Crippen LogP contribution in [0.1, 0.15) is 33.1 Å². The smallest absolute Gasteiger partial charge is 0.237 e. The molecule has 27 heavy (non-hydrogen) atoms. The second-order valence-electron chi connectivity index (χ2n) is 7.80. The van der Waals surface area contributed by atoms with E-state index in [0.717, 1.165) is 25.8 Å². The Hall–Kier alpha value is -0.420. The summed E-state index contributed by atoms with van der Waals surface area (Å²) in [7, 11) is 1.91. The molecule has 0 saturated carbocycles. The van der Waals surface area contributed by atoms with Crippen molar-refractivity contribution in [3.05, 3.63) is 0 Å². The number of carbonyl (C=O) groups is 1. The Morgan fingerprint density at radius 3 is 2.52 bits per heavy atom. The van der Waals surface area contributed by atoms with Crippen LogP contribution in [0.25, 0.3) is 0 Å². The molecule has 2 heterocycles. The molecule has 9 atom stereocenters. The van der Waals surface area contributed by atoms with Crippen molar-refractivity contribution in [3.63, 3.8) is 0 Å². The highest BCUT2D eigenvalue weighted by atomic mass is 32.2. The first-order valence-electron chi connectivity index (χ1n) is 9.62. The highest BCUT2D eigenvalue weighted by molar-refractivity contribution is 7.99. The molecule has 1 unspecified atom stereocenters. The van der Waals surface area contributed by atoms with Gasteiger partial charge in [0.25, 0.3) is 0 Å². The topological polar surface area (TPSA) is 122 Å². The number of rotatable bonds is 7. The van der Waals surface area contributed by atoms with Crippen LogP contribution in [-0.4, -0.2) is 99.1 Å². The van der Waals surface area contributed by atoms with Gasteiger partial charge in [-0.05, 0) is 39.0 Å². The number of likely N-dealkylation sites (tertiary alicyclic amines) is 1. The minimum Gasteiger partial charge on any atom is -0.391 e. The van der Waals surface area contributed by atoms with Crippen molar-refractivity contribution in [3.8, 4) is 0 Å². The summed E-state index contributed by atoms with van der Waals surface area (Å²) < 4.78 is 5.72. The van der Waals surface area contributed by atoms with E-state index in [9.17, 15) is 25.2 Å². The molecule has 0 spiro atoms. The summed E-state index contributed by atoms with van der Waals surface area (Å²) in [6.45, 7) is 4.48. The van der Waals surface area contributed by atoms with Crippen LogP contribution >= 0.6 is 11.8 Å². The van der Waals surface area contributed by atoms with Crippen LogP contribution in [0.15, 0.2) is 0 Å². The minimum atomic E-state index is -1.42. The van der Waals surface area contributed by atoms with Crippen molar-refractivity contribution in [2.75, 3.05) is 19.8 Å². The molecule has 0 bridgehead atoms. The number of hydrogen-bond acceptors (Lipinski definition) is 8. The summed E-state index contributed by atoms with van der Waals surface area (Å²) in [6, 6.07) is -1.20. The predicted molar refractivity (Wildman–Crippen MR) is 103 cm³/mol. The van der Waals surface area contributed by atoms with Gasteiger partial charge in [0.1, 0.15) is 29.9 Å². The van der Waals surface area contributed by atoms with E-state index in [0.29, 0.717) is 5.92 Å². The third-order valence-corrected chi connectivity index (χ3v) is 6.51. The molecule has 0 aromatic carbocycles. The van der Waals surface area contributed by atoms with Gasteiger partial charge in [0.05, 0.1) is 18.2 Å². The van der Waals surface area contributed by atoms with Gasteiger partial charge in [0.2, 0.25) is 5.91 Å². The van der Waals surface area contributed by atoms with Crippen LogP contribution in [0.4, 0.5) is 0 Å². The lowest BCUT2D eigenvalue weighted by molar-refractivity contribution is -0.211. The summed E-state index contributed by atoms with van der Waals surface area (Å²) in [5, 5.41) is 43.5. The van der Waals surface area contributed by atoms with Gasteiger partial charge in [-0.25, -0.2) is 0 Å². The van der Waals surface area contributed by atoms with Crippen molar-refractivity contribution in [1.29, 1.82) is 0 Å². The van der Waals surface area contributed by atoms with E-state index in [4.69, 9.17) is 4.74 Å². The number of hydrogen-bond donors (Lipinski definition) is 5. The van der Waals surface area contributed by atoms with Gasteiger partial charge < -0.3 is 30.5 Å². The lowest BCUT2D eigenvalue weighted by Crippen LogP contribution is -2.65. The zero-order valence-corrected chi connectivity index (χ0v) is 17.3. The molecular formula is C18H34N2O6S. The fourth-order valence-corrected chi connectivity index (χ4v) is 4.81. The molecule has 5 N–H and O–H groups in total. The number of ether oxygens (including phenoxy) is 1. The SMILES string of the molecule is CCC[C@@H]1C[C@@H](C(=O)NC([C@H]2O[C@H](SC)[C@H](O)[C@@H](O)[C@H]2O)[C@@H](C)O)N(C)C1. The number of carbonyl (C=O) groups excluding carboxylic acids is 1. The number of amides is 1. The Morgan fingerprint density at radius 2 is 1.96 bits per heavy atom. The number of likely N-dealkylation sites (N-methyl/N-ethyl adjacent to an activating group) is 1. The van der Waals surface area contributed by atoms with Crippen LogP contribution in [0.5, 0.6) is 0 Å². The average Bonchev–Trinajstić information content (AvgIpc) is 2.99. The van der Waals surface area contributed by atoms with E-state index in [-0.39, 0.29) is 11.9 Å². The molecule has 0 aromatic heterocycles. The monoisotopic (exact) mass is 406 g/mol. The summed E-state index contributed by atoms with van der Waals surface area (Å²) in [5.74, 6) is 0.245. The van der Waals surface area contributed by atoms with Gasteiger partial charge in [-0.15, -0.1) is 11.8 Å².